The number of hydrogen-bond acceptors (Lipinski definition) is 6. The number of piperazine rings is 2. The highest BCUT2D eigenvalue weighted by Gasteiger charge is 2.22. The van der Waals surface area contributed by atoms with Crippen molar-refractivity contribution in [2.75, 3.05) is 78.0 Å². The van der Waals surface area contributed by atoms with E-state index in [0.29, 0.717) is 6.54 Å². The number of urea groups is 1. The minimum Gasteiger partial charge on any atom is -0.497 e. The summed E-state index contributed by atoms with van der Waals surface area (Å²) in [5, 5.41) is 3.12. The third kappa shape index (κ3) is 6.36. The van der Waals surface area contributed by atoms with E-state index >= 15 is 0 Å². The van der Waals surface area contributed by atoms with Crippen LogP contribution in [0.5, 0.6) is 5.75 Å². The highest BCUT2D eigenvalue weighted by molar-refractivity contribution is 5.74. The first-order valence-corrected chi connectivity index (χ1v) is 11.9. The number of nitrogens with one attached hydrogen (secondary N) is 1. The average molecular weight is 453 g/mol. The summed E-state index contributed by atoms with van der Waals surface area (Å²) in [7, 11) is 3.84. The number of aromatic nitrogens is 1. The molecule has 2 fully saturated rings. The van der Waals surface area contributed by atoms with Crippen LogP contribution in [0.2, 0.25) is 0 Å². The molecule has 178 valence electrons. The number of hydrogen-bond donors (Lipinski definition) is 1. The second-order valence-electron chi connectivity index (χ2n) is 8.86. The molecule has 1 N–H and O–H groups in total. The van der Waals surface area contributed by atoms with Crippen molar-refractivity contribution >= 4 is 11.8 Å². The minimum absolute atomic E-state index is 0.0120. The van der Waals surface area contributed by atoms with E-state index in [-0.39, 0.29) is 6.03 Å². The van der Waals surface area contributed by atoms with Gasteiger partial charge in [0.05, 0.1) is 7.11 Å². The van der Waals surface area contributed by atoms with Crippen molar-refractivity contribution in [3.63, 3.8) is 0 Å². The van der Waals surface area contributed by atoms with Gasteiger partial charge in [-0.1, -0.05) is 18.2 Å². The average Bonchev–Trinajstić information content (AvgIpc) is 2.87. The molecule has 0 radical (unpaired) electrons. The number of likely N-dealkylation sites (N-methyl/N-ethyl adjacent to an activating group) is 1. The second-order valence-corrected chi connectivity index (χ2v) is 8.86. The SMILES string of the molecule is COc1ccc(CCN2CCN(C(=O)NCc3cccnc3N3CCN(C)CC3)CC2)cc1. The Morgan fingerprint density at radius 3 is 2.42 bits per heavy atom. The van der Waals surface area contributed by atoms with E-state index in [1.807, 2.05) is 29.3 Å². The fourth-order valence-electron chi connectivity index (χ4n) is 4.41. The minimum atomic E-state index is 0.0120. The first kappa shape index (κ1) is 23.3. The molecule has 3 heterocycles. The summed E-state index contributed by atoms with van der Waals surface area (Å²) in [6.07, 6.45) is 2.84. The molecular weight excluding hydrogens is 416 g/mol. The van der Waals surface area contributed by atoms with Gasteiger partial charge in [-0.2, -0.15) is 0 Å². The molecule has 0 aliphatic carbocycles. The fourth-order valence-corrected chi connectivity index (χ4v) is 4.41. The van der Waals surface area contributed by atoms with Crippen molar-refractivity contribution in [1.82, 2.24) is 25.0 Å². The molecular formula is C25H36N6O2. The first-order valence-electron chi connectivity index (χ1n) is 11.9. The standard InChI is InChI=1S/C25H36N6O2/c1-28-12-16-30(17-13-28)24-22(4-3-10-26-24)20-27-25(32)31-18-14-29(15-19-31)11-9-21-5-7-23(33-2)8-6-21/h3-8,10H,9,11-20H2,1-2H3,(H,27,32). The number of carbonyl (C=O) groups excluding carboxylic acids is 1. The first-order chi connectivity index (χ1) is 16.1. The molecule has 4 rings (SSSR count). The van der Waals surface area contributed by atoms with Gasteiger partial charge in [0.15, 0.2) is 0 Å². The molecule has 8 nitrogen and oxygen atoms in total. The highest BCUT2D eigenvalue weighted by atomic mass is 16.5. The van der Waals surface area contributed by atoms with Gasteiger partial charge in [-0.25, -0.2) is 9.78 Å². The molecule has 0 spiro atoms. The van der Waals surface area contributed by atoms with E-state index in [9.17, 15) is 4.79 Å². The highest BCUT2D eigenvalue weighted by Crippen LogP contribution is 2.19. The molecule has 2 saturated heterocycles. The van der Waals surface area contributed by atoms with E-state index in [1.54, 1.807) is 7.11 Å². The van der Waals surface area contributed by atoms with Crippen LogP contribution in [0.1, 0.15) is 11.1 Å². The van der Waals surface area contributed by atoms with Crippen molar-refractivity contribution in [1.29, 1.82) is 0 Å². The maximum absolute atomic E-state index is 12.8. The zero-order chi connectivity index (χ0) is 23.0. The molecule has 2 amide bonds. The van der Waals surface area contributed by atoms with Crippen LogP contribution in [0.4, 0.5) is 10.6 Å². The van der Waals surface area contributed by atoms with Crippen LogP contribution in [-0.2, 0) is 13.0 Å². The van der Waals surface area contributed by atoms with Gasteiger partial charge in [-0.15, -0.1) is 0 Å². The molecule has 0 atom stereocenters. The molecule has 2 aromatic rings. The molecule has 2 aliphatic rings. The van der Waals surface area contributed by atoms with Gasteiger partial charge in [-0.05, 0) is 37.2 Å². The molecule has 0 unspecified atom stereocenters. The number of nitrogens with zero attached hydrogens (tertiary/aromatic N) is 5. The molecule has 33 heavy (non-hydrogen) atoms. The summed E-state index contributed by atoms with van der Waals surface area (Å²) in [6.45, 7) is 8.83. The second kappa shape index (κ2) is 11.3. The van der Waals surface area contributed by atoms with E-state index in [1.165, 1.54) is 5.56 Å². The van der Waals surface area contributed by atoms with Gasteiger partial charge in [0.25, 0.3) is 0 Å². The largest absolute Gasteiger partial charge is 0.497 e. The number of anilines is 1. The van der Waals surface area contributed by atoms with Crippen LogP contribution >= 0.6 is 0 Å². The molecule has 0 bridgehead atoms. The van der Waals surface area contributed by atoms with Crippen molar-refractivity contribution < 1.29 is 9.53 Å². The van der Waals surface area contributed by atoms with Crippen molar-refractivity contribution in [2.24, 2.45) is 0 Å². The van der Waals surface area contributed by atoms with Gasteiger partial charge in [0.1, 0.15) is 11.6 Å². The Morgan fingerprint density at radius 2 is 1.73 bits per heavy atom. The molecule has 2 aliphatic heterocycles. The van der Waals surface area contributed by atoms with Gasteiger partial charge >= 0.3 is 6.03 Å². The number of amides is 2. The molecule has 1 aromatic carbocycles. The predicted molar refractivity (Wildman–Crippen MR) is 131 cm³/mol. The summed E-state index contributed by atoms with van der Waals surface area (Å²) < 4.78 is 5.23. The summed E-state index contributed by atoms with van der Waals surface area (Å²) >= 11 is 0. The third-order valence-corrected chi connectivity index (χ3v) is 6.64. The Morgan fingerprint density at radius 1 is 1.00 bits per heavy atom. The maximum atomic E-state index is 12.8. The van der Waals surface area contributed by atoms with E-state index in [0.717, 1.165) is 82.5 Å². The van der Waals surface area contributed by atoms with Crippen molar-refractivity contribution in [3.8, 4) is 5.75 Å². The van der Waals surface area contributed by atoms with Gasteiger partial charge in [0.2, 0.25) is 0 Å². The third-order valence-electron chi connectivity index (χ3n) is 6.64. The van der Waals surface area contributed by atoms with Crippen LogP contribution < -0.4 is 15.0 Å². The Kier molecular flexibility index (Phi) is 8.01. The fraction of sp³-hybridized carbons (Fsp3) is 0.520. The molecule has 0 saturated carbocycles. The van der Waals surface area contributed by atoms with Crippen LogP contribution in [0.15, 0.2) is 42.6 Å². The maximum Gasteiger partial charge on any atom is 0.317 e. The normalized spacial score (nSPS) is 17.8. The van der Waals surface area contributed by atoms with Crippen molar-refractivity contribution in [3.05, 3.63) is 53.7 Å². The Hall–Kier alpha value is -2.84. The van der Waals surface area contributed by atoms with E-state index in [2.05, 4.69) is 50.2 Å². The number of benzene rings is 1. The summed E-state index contributed by atoms with van der Waals surface area (Å²) in [6, 6.07) is 12.3. The smallest absolute Gasteiger partial charge is 0.317 e. The Balaban J connectivity index is 1.21. The summed E-state index contributed by atoms with van der Waals surface area (Å²) in [5.41, 5.74) is 2.39. The zero-order valence-electron chi connectivity index (χ0n) is 19.9. The lowest BCUT2D eigenvalue weighted by Crippen LogP contribution is -2.52. The molecule has 8 heteroatoms. The van der Waals surface area contributed by atoms with E-state index in [4.69, 9.17) is 4.74 Å². The lowest BCUT2D eigenvalue weighted by atomic mass is 10.1. The Labute approximate surface area is 197 Å². The monoisotopic (exact) mass is 452 g/mol. The van der Waals surface area contributed by atoms with E-state index < -0.39 is 0 Å². The number of rotatable bonds is 7. The van der Waals surface area contributed by atoms with Gasteiger partial charge < -0.3 is 24.8 Å². The van der Waals surface area contributed by atoms with Crippen LogP contribution in [0, 0.1) is 0 Å². The number of ether oxygens (including phenoxy) is 1. The lowest BCUT2D eigenvalue weighted by Gasteiger charge is -2.35. The van der Waals surface area contributed by atoms with Crippen molar-refractivity contribution in [2.45, 2.75) is 13.0 Å². The van der Waals surface area contributed by atoms with Crippen LogP contribution in [0.3, 0.4) is 0 Å². The zero-order valence-corrected chi connectivity index (χ0v) is 19.9. The van der Waals surface area contributed by atoms with Gasteiger partial charge in [-0.3, -0.25) is 4.90 Å². The summed E-state index contributed by atoms with van der Waals surface area (Å²) in [5.74, 6) is 1.88. The molecule has 1 aromatic heterocycles. The topological polar surface area (TPSA) is 64.2 Å². The number of carbonyl (C=O) groups is 1. The summed E-state index contributed by atoms with van der Waals surface area (Å²) in [4.78, 5) is 26.4. The Bertz CT molecular complexity index is 890. The number of pyridine rings is 1. The number of methoxy groups -OCH3 is 1. The quantitative estimate of drug-likeness (QED) is 0.693. The van der Waals surface area contributed by atoms with Gasteiger partial charge in [0, 0.05) is 77.2 Å². The predicted octanol–water partition coefficient (Wildman–Crippen LogP) is 1.91. The lowest BCUT2D eigenvalue weighted by molar-refractivity contribution is 0.140. The van der Waals surface area contributed by atoms with Crippen LogP contribution in [-0.4, -0.2) is 98.8 Å². The van der Waals surface area contributed by atoms with Crippen LogP contribution in [0.25, 0.3) is 0 Å².